The van der Waals surface area contributed by atoms with Gasteiger partial charge in [-0.3, -0.25) is 15.1 Å². The molecule has 1 atom stereocenters. The second-order valence-electron chi connectivity index (χ2n) is 6.43. The van der Waals surface area contributed by atoms with E-state index < -0.39 is 0 Å². The van der Waals surface area contributed by atoms with Crippen molar-refractivity contribution in [2.75, 3.05) is 19.0 Å². The fourth-order valence-electron chi connectivity index (χ4n) is 2.84. The van der Waals surface area contributed by atoms with Gasteiger partial charge in [-0.05, 0) is 24.5 Å². The number of carbonyl (C=O) groups is 1. The second-order valence-corrected chi connectivity index (χ2v) is 6.43. The highest BCUT2D eigenvalue weighted by molar-refractivity contribution is 5.87. The van der Waals surface area contributed by atoms with Crippen molar-refractivity contribution in [3.63, 3.8) is 0 Å². The van der Waals surface area contributed by atoms with E-state index in [-0.39, 0.29) is 17.5 Å². The van der Waals surface area contributed by atoms with Crippen LogP contribution in [0.2, 0.25) is 0 Å². The molecule has 1 aromatic carbocycles. The van der Waals surface area contributed by atoms with Gasteiger partial charge in [0.05, 0.1) is 12.8 Å². The van der Waals surface area contributed by atoms with Gasteiger partial charge >= 0.3 is 6.03 Å². The number of amides is 2. The van der Waals surface area contributed by atoms with E-state index in [2.05, 4.69) is 34.4 Å². The Kier molecular flexibility index (Phi) is 7.85. The van der Waals surface area contributed by atoms with E-state index in [1.165, 1.54) is 6.07 Å². The molecular weight excluding hydrogens is 344 g/mol. The van der Waals surface area contributed by atoms with E-state index in [1.54, 1.807) is 13.2 Å². The monoisotopic (exact) mass is 372 g/mol. The Morgan fingerprint density at radius 3 is 2.78 bits per heavy atom. The van der Waals surface area contributed by atoms with Crippen LogP contribution in [0.4, 0.5) is 10.7 Å². The number of methoxy groups -OCH3 is 1. The molecule has 2 rings (SSSR count). The molecule has 0 aliphatic heterocycles. The van der Waals surface area contributed by atoms with Crippen molar-refractivity contribution in [1.29, 1.82) is 0 Å². The lowest BCUT2D eigenvalue weighted by Gasteiger charge is -2.15. The van der Waals surface area contributed by atoms with Crippen LogP contribution >= 0.6 is 0 Å². The quantitative estimate of drug-likeness (QED) is 0.624. The van der Waals surface area contributed by atoms with Crippen LogP contribution in [0.5, 0.6) is 5.75 Å². The number of nitrogens with zero attached hydrogens (tertiary/aromatic N) is 1. The maximum absolute atomic E-state index is 12.2. The Morgan fingerprint density at radius 2 is 2.07 bits per heavy atom. The molecule has 2 amide bonds. The first-order valence-electron chi connectivity index (χ1n) is 9.37. The number of urea groups is 1. The minimum absolute atomic E-state index is 0.0995. The molecule has 0 aliphatic carbocycles. The number of aromatic amines is 1. The van der Waals surface area contributed by atoms with E-state index in [0.29, 0.717) is 29.5 Å². The SMILES string of the molecule is CCCCC(CC)CNC(=O)Nc1nc(-c2ccccc2OC)cc(=O)[nH]1. The lowest BCUT2D eigenvalue weighted by atomic mass is 9.99. The Morgan fingerprint density at radius 1 is 1.30 bits per heavy atom. The molecule has 146 valence electrons. The molecule has 27 heavy (non-hydrogen) atoms. The van der Waals surface area contributed by atoms with Gasteiger partial charge in [-0.25, -0.2) is 9.78 Å². The summed E-state index contributed by atoms with van der Waals surface area (Å²) < 4.78 is 5.32. The third-order valence-electron chi connectivity index (χ3n) is 4.45. The lowest BCUT2D eigenvalue weighted by Crippen LogP contribution is -2.34. The van der Waals surface area contributed by atoms with Gasteiger partial charge < -0.3 is 10.1 Å². The van der Waals surface area contributed by atoms with Gasteiger partial charge in [0.1, 0.15) is 5.75 Å². The van der Waals surface area contributed by atoms with Crippen LogP contribution in [0, 0.1) is 5.92 Å². The zero-order valence-electron chi connectivity index (χ0n) is 16.2. The number of carbonyl (C=O) groups excluding carboxylic acids is 1. The molecule has 0 spiro atoms. The Bertz CT molecular complexity index is 804. The number of ether oxygens (including phenoxy) is 1. The number of nitrogens with one attached hydrogen (secondary N) is 3. The van der Waals surface area contributed by atoms with E-state index in [0.717, 1.165) is 25.7 Å². The summed E-state index contributed by atoms with van der Waals surface area (Å²) >= 11 is 0. The summed E-state index contributed by atoms with van der Waals surface area (Å²) in [5, 5.41) is 5.46. The Labute approximate surface area is 159 Å². The molecule has 0 radical (unpaired) electrons. The maximum Gasteiger partial charge on any atom is 0.321 e. The fraction of sp³-hybridized carbons (Fsp3) is 0.450. The van der Waals surface area contributed by atoms with Crippen LogP contribution in [0.1, 0.15) is 39.5 Å². The molecule has 0 saturated heterocycles. The third kappa shape index (κ3) is 6.13. The number of anilines is 1. The smallest absolute Gasteiger partial charge is 0.321 e. The molecular formula is C20H28N4O3. The number of aromatic nitrogens is 2. The van der Waals surface area contributed by atoms with E-state index >= 15 is 0 Å². The summed E-state index contributed by atoms with van der Waals surface area (Å²) in [5.74, 6) is 1.15. The number of hydrogen-bond acceptors (Lipinski definition) is 4. The molecule has 0 saturated carbocycles. The molecule has 1 aromatic heterocycles. The largest absolute Gasteiger partial charge is 0.496 e. The van der Waals surface area contributed by atoms with E-state index in [4.69, 9.17) is 4.74 Å². The van der Waals surface area contributed by atoms with Gasteiger partial charge in [-0.15, -0.1) is 0 Å². The molecule has 1 unspecified atom stereocenters. The summed E-state index contributed by atoms with van der Waals surface area (Å²) in [7, 11) is 1.56. The van der Waals surface area contributed by atoms with E-state index in [1.807, 2.05) is 18.2 Å². The molecule has 0 fully saturated rings. The average molecular weight is 372 g/mol. The minimum atomic E-state index is -0.384. The molecule has 1 heterocycles. The predicted octanol–water partition coefficient (Wildman–Crippen LogP) is 3.78. The number of H-pyrrole nitrogens is 1. The van der Waals surface area contributed by atoms with Crippen LogP contribution in [0.3, 0.4) is 0 Å². The van der Waals surface area contributed by atoms with Crippen molar-refractivity contribution in [2.24, 2.45) is 5.92 Å². The van der Waals surface area contributed by atoms with Crippen molar-refractivity contribution in [2.45, 2.75) is 39.5 Å². The Hall–Kier alpha value is -2.83. The first kappa shape index (κ1) is 20.5. The molecule has 7 heteroatoms. The summed E-state index contributed by atoms with van der Waals surface area (Å²) in [4.78, 5) is 31.1. The Balaban J connectivity index is 2.08. The highest BCUT2D eigenvalue weighted by Gasteiger charge is 2.12. The van der Waals surface area contributed by atoms with Gasteiger partial charge in [0.2, 0.25) is 5.95 Å². The number of unbranched alkanes of at least 4 members (excludes halogenated alkanes) is 1. The molecule has 2 aromatic rings. The van der Waals surface area contributed by atoms with Crippen molar-refractivity contribution < 1.29 is 9.53 Å². The van der Waals surface area contributed by atoms with Crippen molar-refractivity contribution in [3.05, 3.63) is 40.7 Å². The molecule has 0 aliphatic rings. The number of rotatable bonds is 9. The fourth-order valence-corrected chi connectivity index (χ4v) is 2.84. The zero-order chi connectivity index (χ0) is 19.6. The minimum Gasteiger partial charge on any atom is -0.496 e. The first-order chi connectivity index (χ1) is 13.1. The normalized spacial score (nSPS) is 11.7. The standard InChI is InChI=1S/C20H28N4O3/c1-4-6-9-14(5-2)13-21-20(26)24-19-22-16(12-18(25)23-19)15-10-7-8-11-17(15)27-3/h7-8,10-12,14H,4-6,9,13H2,1-3H3,(H3,21,22,23,24,25,26). The summed E-state index contributed by atoms with van der Waals surface area (Å²) in [5.41, 5.74) is 0.761. The maximum atomic E-state index is 12.2. The van der Waals surface area contributed by atoms with E-state index in [9.17, 15) is 9.59 Å². The summed E-state index contributed by atoms with van der Waals surface area (Å²) in [6.45, 7) is 4.87. The molecule has 3 N–H and O–H groups in total. The van der Waals surface area contributed by atoms with Gasteiger partial charge in [-0.1, -0.05) is 45.2 Å². The van der Waals surface area contributed by atoms with Crippen LogP contribution in [-0.4, -0.2) is 29.7 Å². The van der Waals surface area contributed by atoms with Crippen LogP contribution < -0.4 is 20.9 Å². The lowest BCUT2D eigenvalue weighted by molar-refractivity contribution is 0.249. The highest BCUT2D eigenvalue weighted by atomic mass is 16.5. The van der Waals surface area contributed by atoms with Crippen LogP contribution in [0.25, 0.3) is 11.3 Å². The predicted molar refractivity (Wildman–Crippen MR) is 107 cm³/mol. The summed E-state index contributed by atoms with van der Waals surface area (Å²) in [6, 6.07) is 8.26. The van der Waals surface area contributed by atoms with Gasteiger partial charge in [0.25, 0.3) is 5.56 Å². The van der Waals surface area contributed by atoms with Gasteiger partial charge in [0.15, 0.2) is 0 Å². The third-order valence-corrected chi connectivity index (χ3v) is 4.45. The van der Waals surface area contributed by atoms with Crippen LogP contribution in [0.15, 0.2) is 35.1 Å². The number of para-hydroxylation sites is 1. The van der Waals surface area contributed by atoms with Gasteiger partial charge in [-0.2, -0.15) is 0 Å². The van der Waals surface area contributed by atoms with Gasteiger partial charge in [0, 0.05) is 18.2 Å². The first-order valence-corrected chi connectivity index (χ1v) is 9.37. The molecule has 7 nitrogen and oxygen atoms in total. The zero-order valence-corrected chi connectivity index (χ0v) is 16.2. The summed E-state index contributed by atoms with van der Waals surface area (Å²) in [6.07, 6.45) is 4.39. The van der Waals surface area contributed by atoms with Crippen molar-refractivity contribution >= 4 is 12.0 Å². The van der Waals surface area contributed by atoms with Crippen LogP contribution in [-0.2, 0) is 0 Å². The second kappa shape index (κ2) is 10.4. The van der Waals surface area contributed by atoms with Crippen molar-refractivity contribution in [1.82, 2.24) is 15.3 Å². The highest BCUT2D eigenvalue weighted by Crippen LogP contribution is 2.27. The average Bonchev–Trinajstić information content (AvgIpc) is 2.67. The topological polar surface area (TPSA) is 96.1 Å². The number of hydrogen-bond donors (Lipinski definition) is 3. The molecule has 0 bridgehead atoms. The number of benzene rings is 1. The van der Waals surface area contributed by atoms with Crippen molar-refractivity contribution in [3.8, 4) is 17.0 Å².